The van der Waals surface area contributed by atoms with Crippen molar-refractivity contribution in [3.05, 3.63) is 11.6 Å². The number of aliphatic hydroxyl groups excluding tert-OH is 3. The largest absolute Gasteiger partial charge is 0.396 e. The van der Waals surface area contributed by atoms with Crippen LogP contribution in [-0.4, -0.2) is 46.2 Å². The van der Waals surface area contributed by atoms with Gasteiger partial charge in [-0.3, -0.25) is 9.59 Å². The Morgan fingerprint density at radius 1 is 1.31 bits per heavy atom. The van der Waals surface area contributed by atoms with Crippen LogP contribution in [0.5, 0.6) is 0 Å². The monoisotopic (exact) mass is 362 g/mol. The molecule has 26 heavy (non-hydrogen) atoms. The van der Waals surface area contributed by atoms with Gasteiger partial charge in [0.05, 0.1) is 6.10 Å². The number of aliphatic hydroxyl groups is 3. The van der Waals surface area contributed by atoms with Crippen LogP contribution in [0, 0.1) is 34.5 Å². The normalized spacial score (nSPS) is 47.6. The predicted molar refractivity (Wildman–Crippen MR) is 95.1 cm³/mol. The number of carbonyl (C=O) groups is 2. The summed E-state index contributed by atoms with van der Waals surface area (Å²) in [6.45, 7) is 1.59. The Balaban J connectivity index is 1.73. The highest BCUT2D eigenvalue weighted by atomic mass is 16.3. The number of Topliss-reactive ketones (excluding diaryl/α,β-unsaturated/α-hetero) is 2. The fourth-order valence-corrected chi connectivity index (χ4v) is 7.28. The van der Waals surface area contributed by atoms with Crippen LogP contribution in [-0.2, 0) is 9.59 Å². The molecule has 4 aliphatic carbocycles. The number of rotatable bonds is 3. The lowest BCUT2D eigenvalue weighted by Crippen LogP contribution is -2.58. The number of hydrogen-bond donors (Lipinski definition) is 3. The van der Waals surface area contributed by atoms with E-state index in [1.165, 1.54) is 5.57 Å². The number of fused-ring (bicyclic) bond motifs is 5. The highest BCUT2D eigenvalue weighted by Gasteiger charge is 2.64. The van der Waals surface area contributed by atoms with Crippen molar-refractivity contribution in [2.24, 2.45) is 34.5 Å². The number of carbonyl (C=O) groups excluding carboxylic acids is 2. The minimum absolute atomic E-state index is 0.0863. The lowest BCUT2D eigenvalue weighted by molar-refractivity contribution is -0.156. The standard InChI is InChI=1S/C21H30O5/c1-20-7-6-13(24)8-12(20)2-3-14-15-4-5-16(18(26)10-22)21(15,11-23)9-17(25)19(14)20/h2,14-17,19,22-23,25H,3-11H2,1H3/t14-,15-,16+,17-,19+,20-,21+/m0/s1. The lowest BCUT2D eigenvalue weighted by Gasteiger charge is -2.59. The molecule has 144 valence electrons. The first-order chi connectivity index (χ1) is 12.4. The van der Waals surface area contributed by atoms with Gasteiger partial charge in [0.2, 0.25) is 0 Å². The van der Waals surface area contributed by atoms with Gasteiger partial charge in [-0.2, -0.15) is 0 Å². The van der Waals surface area contributed by atoms with Crippen LogP contribution < -0.4 is 0 Å². The molecule has 3 fully saturated rings. The van der Waals surface area contributed by atoms with Crippen LogP contribution >= 0.6 is 0 Å². The zero-order valence-corrected chi connectivity index (χ0v) is 15.5. The van der Waals surface area contributed by atoms with Crippen molar-refractivity contribution in [1.29, 1.82) is 0 Å². The average Bonchev–Trinajstić information content (AvgIpc) is 3.00. The molecule has 3 saturated carbocycles. The van der Waals surface area contributed by atoms with E-state index in [2.05, 4.69) is 13.0 Å². The van der Waals surface area contributed by atoms with E-state index in [1.807, 2.05) is 0 Å². The van der Waals surface area contributed by atoms with E-state index >= 15 is 0 Å². The smallest absolute Gasteiger partial charge is 0.161 e. The first-order valence-electron chi connectivity index (χ1n) is 10.0. The summed E-state index contributed by atoms with van der Waals surface area (Å²) in [5.74, 6) is 0.232. The Bertz CT molecular complexity index is 655. The molecule has 7 atom stereocenters. The molecule has 0 bridgehead atoms. The second-order valence-electron chi connectivity index (χ2n) is 9.31. The maximum absolute atomic E-state index is 12.3. The molecule has 0 spiro atoms. The molecule has 0 heterocycles. The van der Waals surface area contributed by atoms with E-state index in [1.54, 1.807) is 0 Å². The molecule has 3 N–H and O–H groups in total. The van der Waals surface area contributed by atoms with E-state index in [-0.39, 0.29) is 47.3 Å². The molecule has 0 aromatic heterocycles. The van der Waals surface area contributed by atoms with Crippen LogP contribution in [0.15, 0.2) is 11.6 Å². The molecule has 5 nitrogen and oxygen atoms in total. The topological polar surface area (TPSA) is 94.8 Å². The summed E-state index contributed by atoms with van der Waals surface area (Å²) in [6, 6.07) is 0. The zero-order valence-electron chi connectivity index (χ0n) is 15.5. The van der Waals surface area contributed by atoms with Crippen LogP contribution in [0.4, 0.5) is 0 Å². The zero-order chi connectivity index (χ0) is 18.7. The van der Waals surface area contributed by atoms with Gasteiger partial charge in [0.1, 0.15) is 12.4 Å². The summed E-state index contributed by atoms with van der Waals surface area (Å²) < 4.78 is 0. The molecule has 5 heteroatoms. The van der Waals surface area contributed by atoms with Crippen LogP contribution in [0.25, 0.3) is 0 Å². The third-order valence-electron chi connectivity index (χ3n) is 8.44. The van der Waals surface area contributed by atoms with Crippen molar-refractivity contribution in [2.75, 3.05) is 13.2 Å². The molecule has 0 aliphatic heterocycles. The molecule has 0 amide bonds. The van der Waals surface area contributed by atoms with Crippen LogP contribution in [0.1, 0.15) is 51.9 Å². The minimum atomic E-state index is -0.605. The van der Waals surface area contributed by atoms with Gasteiger partial charge in [-0.25, -0.2) is 0 Å². The molecule has 4 aliphatic rings. The molecule has 4 rings (SSSR count). The van der Waals surface area contributed by atoms with Gasteiger partial charge in [-0.15, -0.1) is 0 Å². The molecule has 0 aromatic rings. The maximum Gasteiger partial charge on any atom is 0.161 e. The molecular weight excluding hydrogens is 332 g/mol. The van der Waals surface area contributed by atoms with E-state index < -0.39 is 18.1 Å². The van der Waals surface area contributed by atoms with Gasteiger partial charge in [-0.1, -0.05) is 18.6 Å². The van der Waals surface area contributed by atoms with Gasteiger partial charge in [0.15, 0.2) is 5.78 Å². The first kappa shape index (κ1) is 18.3. The summed E-state index contributed by atoms with van der Waals surface area (Å²) in [4.78, 5) is 24.3. The van der Waals surface area contributed by atoms with Crippen LogP contribution in [0.3, 0.4) is 0 Å². The third kappa shape index (κ3) is 2.33. The summed E-state index contributed by atoms with van der Waals surface area (Å²) in [6.07, 6.45) is 6.27. The van der Waals surface area contributed by atoms with Gasteiger partial charge in [0, 0.05) is 30.8 Å². The summed E-state index contributed by atoms with van der Waals surface area (Å²) in [7, 11) is 0. The van der Waals surface area contributed by atoms with Crippen molar-refractivity contribution < 1.29 is 24.9 Å². The SMILES string of the molecule is C[C@]12CCC(=O)CC1=CC[C@@H]1[C@@H]2[C@@H](O)C[C@]2(CO)[C@@H](C(=O)CO)CC[C@@H]12. The fraction of sp³-hybridized carbons (Fsp3) is 0.810. The van der Waals surface area contributed by atoms with Gasteiger partial charge in [0.25, 0.3) is 0 Å². The molecule has 0 aromatic carbocycles. The van der Waals surface area contributed by atoms with Crippen molar-refractivity contribution >= 4 is 11.6 Å². The Morgan fingerprint density at radius 3 is 2.77 bits per heavy atom. The minimum Gasteiger partial charge on any atom is -0.396 e. The fourth-order valence-electron chi connectivity index (χ4n) is 7.28. The summed E-state index contributed by atoms with van der Waals surface area (Å²) in [5.41, 5.74) is 0.426. The Labute approximate surface area is 154 Å². The Morgan fingerprint density at radius 2 is 2.08 bits per heavy atom. The van der Waals surface area contributed by atoms with E-state index in [0.29, 0.717) is 25.7 Å². The second kappa shape index (κ2) is 6.25. The number of allylic oxidation sites excluding steroid dienone is 2. The Kier molecular flexibility index (Phi) is 4.41. The molecular formula is C21H30O5. The van der Waals surface area contributed by atoms with Crippen molar-refractivity contribution in [3.8, 4) is 0 Å². The maximum atomic E-state index is 12.3. The highest BCUT2D eigenvalue weighted by molar-refractivity contribution is 5.83. The Hall–Kier alpha value is -1.04. The number of hydrogen-bond acceptors (Lipinski definition) is 5. The highest BCUT2D eigenvalue weighted by Crippen LogP contribution is 2.66. The summed E-state index contributed by atoms with van der Waals surface area (Å²) in [5, 5.41) is 30.9. The third-order valence-corrected chi connectivity index (χ3v) is 8.44. The van der Waals surface area contributed by atoms with E-state index in [0.717, 1.165) is 19.3 Å². The average molecular weight is 362 g/mol. The second-order valence-corrected chi connectivity index (χ2v) is 9.31. The molecule has 0 radical (unpaired) electrons. The van der Waals surface area contributed by atoms with E-state index in [9.17, 15) is 24.9 Å². The number of ketones is 2. The van der Waals surface area contributed by atoms with Crippen LogP contribution in [0.2, 0.25) is 0 Å². The molecule has 0 unspecified atom stereocenters. The van der Waals surface area contributed by atoms with Gasteiger partial charge >= 0.3 is 0 Å². The quantitative estimate of drug-likeness (QED) is 0.664. The van der Waals surface area contributed by atoms with Gasteiger partial charge < -0.3 is 15.3 Å². The van der Waals surface area contributed by atoms with Crippen molar-refractivity contribution in [3.63, 3.8) is 0 Å². The lowest BCUT2D eigenvalue weighted by atomic mass is 9.46. The van der Waals surface area contributed by atoms with Crippen molar-refractivity contribution in [1.82, 2.24) is 0 Å². The molecule has 0 saturated heterocycles. The summed E-state index contributed by atoms with van der Waals surface area (Å²) >= 11 is 0. The van der Waals surface area contributed by atoms with E-state index in [4.69, 9.17) is 0 Å². The van der Waals surface area contributed by atoms with Crippen molar-refractivity contribution in [2.45, 2.75) is 58.0 Å². The predicted octanol–water partition coefficient (Wildman–Crippen LogP) is 1.64. The van der Waals surface area contributed by atoms with Gasteiger partial charge in [-0.05, 0) is 55.3 Å². The first-order valence-corrected chi connectivity index (χ1v) is 10.0.